The summed E-state index contributed by atoms with van der Waals surface area (Å²) in [5.74, 6) is 1.59. The number of hydrogen-bond donors (Lipinski definition) is 0. The lowest BCUT2D eigenvalue weighted by molar-refractivity contribution is 0.263. The van der Waals surface area contributed by atoms with Crippen molar-refractivity contribution in [1.29, 1.82) is 0 Å². The summed E-state index contributed by atoms with van der Waals surface area (Å²) < 4.78 is 0.933. The molecule has 1 aliphatic heterocycles. The molecule has 0 aromatic carbocycles. The third kappa shape index (κ3) is 2.54. The minimum atomic E-state index is 0.379. The monoisotopic (exact) mass is 283 g/mol. The molecule has 1 atom stereocenters. The fourth-order valence-corrected chi connectivity index (χ4v) is 2.32. The highest BCUT2D eigenvalue weighted by Gasteiger charge is 2.32. The van der Waals surface area contributed by atoms with E-state index in [9.17, 15) is 0 Å². The lowest BCUT2D eigenvalue weighted by Gasteiger charge is -2.26. The first-order chi connectivity index (χ1) is 7.47. The predicted molar refractivity (Wildman–Crippen MR) is 69.5 cm³/mol. The molecule has 0 aliphatic carbocycles. The summed E-state index contributed by atoms with van der Waals surface area (Å²) in [7, 11) is 0. The average molecular weight is 284 g/mol. The van der Waals surface area contributed by atoms with Crippen LogP contribution in [0.25, 0.3) is 0 Å². The molecule has 0 radical (unpaired) electrons. The standard InChI is InChI=1S/C12H18BrN3/c1-12(2,3)9-4-5-16(8-9)11-14-6-10(13)7-15-11/h6-7,9H,4-5,8H2,1-3H3. The summed E-state index contributed by atoms with van der Waals surface area (Å²) in [6.07, 6.45) is 4.86. The second-order valence-electron chi connectivity index (χ2n) is 5.50. The number of halogens is 1. The highest BCUT2D eigenvalue weighted by atomic mass is 79.9. The van der Waals surface area contributed by atoms with Crippen LogP contribution in [0.2, 0.25) is 0 Å². The first-order valence-electron chi connectivity index (χ1n) is 5.69. The Morgan fingerprint density at radius 1 is 1.31 bits per heavy atom. The van der Waals surface area contributed by atoms with Crippen LogP contribution < -0.4 is 4.90 Å². The molecule has 16 heavy (non-hydrogen) atoms. The Bertz CT molecular complexity index is 356. The fraction of sp³-hybridized carbons (Fsp3) is 0.667. The highest BCUT2D eigenvalue weighted by molar-refractivity contribution is 9.10. The molecule has 3 nitrogen and oxygen atoms in total. The molecule has 0 amide bonds. The first kappa shape index (κ1) is 11.8. The van der Waals surface area contributed by atoms with E-state index < -0.39 is 0 Å². The van der Waals surface area contributed by atoms with Crippen molar-refractivity contribution in [1.82, 2.24) is 9.97 Å². The van der Waals surface area contributed by atoms with Gasteiger partial charge in [-0.1, -0.05) is 20.8 Å². The Morgan fingerprint density at radius 3 is 2.44 bits per heavy atom. The summed E-state index contributed by atoms with van der Waals surface area (Å²) in [4.78, 5) is 11.0. The molecule has 4 heteroatoms. The molecule has 0 bridgehead atoms. The highest BCUT2D eigenvalue weighted by Crippen LogP contribution is 2.34. The van der Waals surface area contributed by atoms with Gasteiger partial charge in [0.1, 0.15) is 0 Å². The Balaban J connectivity index is 2.06. The minimum Gasteiger partial charge on any atom is -0.341 e. The molecule has 0 saturated carbocycles. The topological polar surface area (TPSA) is 29.0 Å². The maximum Gasteiger partial charge on any atom is 0.225 e. The van der Waals surface area contributed by atoms with Gasteiger partial charge >= 0.3 is 0 Å². The number of hydrogen-bond acceptors (Lipinski definition) is 3. The van der Waals surface area contributed by atoms with Gasteiger partial charge in [-0.25, -0.2) is 9.97 Å². The van der Waals surface area contributed by atoms with Crippen molar-refractivity contribution in [3.8, 4) is 0 Å². The Kier molecular flexibility index (Phi) is 3.19. The van der Waals surface area contributed by atoms with Crippen molar-refractivity contribution in [2.75, 3.05) is 18.0 Å². The van der Waals surface area contributed by atoms with Gasteiger partial charge in [0, 0.05) is 25.5 Å². The summed E-state index contributed by atoms with van der Waals surface area (Å²) >= 11 is 3.35. The third-order valence-electron chi connectivity index (χ3n) is 3.30. The Hall–Kier alpha value is -0.640. The van der Waals surface area contributed by atoms with E-state index in [1.165, 1.54) is 6.42 Å². The van der Waals surface area contributed by atoms with Gasteiger partial charge in [-0.3, -0.25) is 0 Å². The van der Waals surface area contributed by atoms with Crippen LogP contribution in [0.15, 0.2) is 16.9 Å². The van der Waals surface area contributed by atoms with Gasteiger partial charge in [0.2, 0.25) is 5.95 Å². The van der Waals surface area contributed by atoms with Crippen LogP contribution in [0.1, 0.15) is 27.2 Å². The largest absolute Gasteiger partial charge is 0.341 e. The summed E-state index contributed by atoms with van der Waals surface area (Å²) in [6.45, 7) is 9.07. The van der Waals surface area contributed by atoms with E-state index in [4.69, 9.17) is 0 Å². The Morgan fingerprint density at radius 2 is 1.94 bits per heavy atom. The van der Waals surface area contributed by atoms with Gasteiger partial charge in [-0.2, -0.15) is 0 Å². The van der Waals surface area contributed by atoms with Gasteiger partial charge in [0.25, 0.3) is 0 Å². The fourth-order valence-electron chi connectivity index (χ4n) is 2.12. The molecule has 1 aliphatic rings. The summed E-state index contributed by atoms with van der Waals surface area (Å²) in [5.41, 5.74) is 0.379. The molecule has 88 valence electrons. The molecule has 1 fully saturated rings. The van der Waals surface area contributed by atoms with Gasteiger partial charge in [0.05, 0.1) is 4.47 Å². The molecule has 1 unspecified atom stereocenters. The smallest absolute Gasteiger partial charge is 0.225 e. The zero-order valence-corrected chi connectivity index (χ0v) is 11.7. The van der Waals surface area contributed by atoms with Crippen LogP contribution >= 0.6 is 15.9 Å². The number of anilines is 1. The van der Waals surface area contributed by atoms with Gasteiger partial charge in [0.15, 0.2) is 0 Å². The van der Waals surface area contributed by atoms with Crippen molar-refractivity contribution in [3.63, 3.8) is 0 Å². The zero-order valence-electron chi connectivity index (χ0n) is 10.1. The normalized spacial score (nSPS) is 21.5. The number of aromatic nitrogens is 2. The maximum atomic E-state index is 4.34. The van der Waals surface area contributed by atoms with Crippen molar-refractivity contribution in [2.24, 2.45) is 11.3 Å². The molecule has 1 saturated heterocycles. The number of rotatable bonds is 1. The maximum absolute atomic E-state index is 4.34. The molecule has 0 N–H and O–H groups in total. The van der Waals surface area contributed by atoms with E-state index in [-0.39, 0.29) is 0 Å². The van der Waals surface area contributed by atoms with E-state index in [0.29, 0.717) is 5.41 Å². The van der Waals surface area contributed by atoms with Crippen LogP contribution in [-0.4, -0.2) is 23.1 Å². The molecule has 2 heterocycles. The molecule has 1 aromatic heterocycles. The lowest BCUT2D eigenvalue weighted by Crippen LogP contribution is -2.26. The van der Waals surface area contributed by atoms with Crippen LogP contribution in [0.4, 0.5) is 5.95 Å². The lowest BCUT2D eigenvalue weighted by atomic mass is 9.80. The molecule has 1 aromatic rings. The number of nitrogens with zero attached hydrogens (tertiary/aromatic N) is 3. The van der Waals surface area contributed by atoms with Crippen molar-refractivity contribution in [3.05, 3.63) is 16.9 Å². The van der Waals surface area contributed by atoms with Crippen molar-refractivity contribution < 1.29 is 0 Å². The first-order valence-corrected chi connectivity index (χ1v) is 6.48. The van der Waals surface area contributed by atoms with Gasteiger partial charge in [-0.15, -0.1) is 0 Å². The quantitative estimate of drug-likeness (QED) is 0.793. The van der Waals surface area contributed by atoms with Crippen molar-refractivity contribution in [2.45, 2.75) is 27.2 Å². The minimum absolute atomic E-state index is 0.379. The summed E-state index contributed by atoms with van der Waals surface area (Å²) in [5, 5.41) is 0. The zero-order chi connectivity index (χ0) is 11.8. The molecular weight excluding hydrogens is 266 g/mol. The van der Waals surface area contributed by atoms with E-state index in [1.807, 2.05) is 12.4 Å². The van der Waals surface area contributed by atoms with Crippen LogP contribution in [0.5, 0.6) is 0 Å². The summed E-state index contributed by atoms with van der Waals surface area (Å²) in [6, 6.07) is 0. The Labute approximate surface area is 105 Å². The SMILES string of the molecule is CC(C)(C)C1CCN(c2ncc(Br)cn2)C1. The van der Waals surface area contributed by atoms with E-state index in [2.05, 4.69) is 51.6 Å². The molecular formula is C12H18BrN3. The second kappa shape index (κ2) is 4.32. The molecule has 0 spiro atoms. The molecule has 2 rings (SSSR count). The second-order valence-corrected chi connectivity index (χ2v) is 6.41. The van der Waals surface area contributed by atoms with Crippen LogP contribution in [0, 0.1) is 11.3 Å². The third-order valence-corrected chi connectivity index (χ3v) is 3.71. The van der Waals surface area contributed by atoms with E-state index in [1.54, 1.807) is 0 Å². The average Bonchev–Trinajstić information content (AvgIpc) is 2.67. The van der Waals surface area contributed by atoms with Gasteiger partial charge < -0.3 is 4.90 Å². The van der Waals surface area contributed by atoms with Crippen LogP contribution in [0.3, 0.4) is 0 Å². The van der Waals surface area contributed by atoms with Crippen molar-refractivity contribution >= 4 is 21.9 Å². The van der Waals surface area contributed by atoms with Crippen LogP contribution in [-0.2, 0) is 0 Å². The van der Waals surface area contributed by atoms with E-state index in [0.717, 1.165) is 29.4 Å². The predicted octanol–water partition coefficient (Wildman–Crippen LogP) is 3.11. The van der Waals surface area contributed by atoms with E-state index >= 15 is 0 Å². The van der Waals surface area contributed by atoms with Gasteiger partial charge in [-0.05, 0) is 33.7 Å².